The van der Waals surface area contributed by atoms with Crippen LogP contribution in [-0.2, 0) is 13.1 Å². The van der Waals surface area contributed by atoms with E-state index in [0.29, 0.717) is 17.8 Å². The number of nitrogens with one attached hydrogen (secondary N) is 2. The Labute approximate surface area is 148 Å². The molecule has 0 spiro atoms. The highest BCUT2D eigenvalue weighted by Gasteiger charge is 2.15. The maximum atomic E-state index is 12.6. The topological polar surface area (TPSA) is 63.3 Å². The first-order valence-corrected chi connectivity index (χ1v) is 8.98. The van der Waals surface area contributed by atoms with Crippen molar-refractivity contribution < 1.29 is 9.32 Å². The molecule has 0 aliphatic rings. The minimum Gasteiger partial charge on any atom is -0.463 e. The fraction of sp³-hybridized carbons (Fsp3) is 0.158. The predicted octanol–water partition coefficient (Wildman–Crippen LogP) is 2.46. The summed E-state index contributed by atoms with van der Waals surface area (Å²) in [5.74, 6) is 1.62. The van der Waals surface area contributed by atoms with Gasteiger partial charge in [0.25, 0.3) is 5.56 Å². The minimum atomic E-state index is -0.0779. The second-order valence-electron chi connectivity index (χ2n) is 6.10. The maximum Gasteiger partial charge on any atom is 0.260 e. The smallest absolute Gasteiger partial charge is 0.260 e. The number of benzene rings is 1. The normalized spacial score (nSPS) is 12.5. The molecule has 0 bridgehead atoms. The van der Waals surface area contributed by atoms with Crippen LogP contribution in [0.2, 0.25) is 0 Å². The molecule has 3 aromatic heterocycles. The van der Waals surface area contributed by atoms with Gasteiger partial charge in [0.15, 0.2) is 11.6 Å². The van der Waals surface area contributed by atoms with Gasteiger partial charge in [0.05, 0.1) is 18.7 Å². The number of aromatic amines is 1. The lowest BCUT2D eigenvalue weighted by atomic mass is 10.1. The van der Waals surface area contributed by atoms with Crippen LogP contribution >= 0.6 is 11.3 Å². The SMILES string of the molecule is C[NH+](Cc1nc2scc(-c3ccccc3)c2c(=O)[nH]1)Cc1ccco1. The number of hydrogen-bond acceptors (Lipinski definition) is 4. The number of H-pyrrole nitrogens is 1. The molecule has 0 aliphatic carbocycles. The Morgan fingerprint density at radius 1 is 1.16 bits per heavy atom. The Hall–Kier alpha value is -2.70. The Morgan fingerprint density at radius 2 is 2.00 bits per heavy atom. The van der Waals surface area contributed by atoms with Gasteiger partial charge in [-0.15, -0.1) is 11.3 Å². The second-order valence-corrected chi connectivity index (χ2v) is 6.96. The highest BCUT2D eigenvalue weighted by Crippen LogP contribution is 2.30. The molecule has 5 nitrogen and oxygen atoms in total. The third-order valence-corrected chi connectivity index (χ3v) is 4.98. The fourth-order valence-corrected chi connectivity index (χ4v) is 3.93. The summed E-state index contributed by atoms with van der Waals surface area (Å²) in [5, 5.41) is 2.68. The predicted molar refractivity (Wildman–Crippen MR) is 98.7 cm³/mol. The van der Waals surface area contributed by atoms with Crippen molar-refractivity contribution in [3.05, 3.63) is 76.0 Å². The highest BCUT2D eigenvalue weighted by atomic mass is 32.1. The number of quaternary nitrogens is 1. The summed E-state index contributed by atoms with van der Waals surface area (Å²) < 4.78 is 5.38. The molecule has 4 aromatic rings. The summed E-state index contributed by atoms with van der Waals surface area (Å²) in [6, 6.07) is 13.8. The second kappa shape index (κ2) is 6.66. The molecular weight excluding hydrogens is 334 g/mol. The third-order valence-electron chi connectivity index (χ3n) is 4.10. The van der Waals surface area contributed by atoms with E-state index in [1.165, 1.54) is 16.2 Å². The Kier molecular flexibility index (Phi) is 4.21. The van der Waals surface area contributed by atoms with Crippen molar-refractivity contribution in [2.24, 2.45) is 0 Å². The number of rotatable bonds is 5. The van der Waals surface area contributed by atoms with Gasteiger partial charge in [-0.1, -0.05) is 30.3 Å². The molecule has 0 saturated heterocycles. The summed E-state index contributed by atoms with van der Waals surface area (Å²) in [4.78, 5) is 22.2. The number of nitrogens with zero attached hydrogens (tertiary/aromatic N) is 1. The minimum absolute atomic E-state index is 0.0779. The van der Waals surface area contributed by atoms with Crippen LogP contribution in [-0.4, -0.2) is 17.0 Å². The fourth-order valence-electron chi connectivity index (χ4n) is 2.97. The van der Waals surface area contributed by atoms with E-state index >= 15 is 0 Å². The quantitative estimate of drug-likeness (QED) is 0.580. The van der Waals surface area contributed by atoms with Crippen molar-refractivity contribution in [2.75, 3.05) is 7.05 Å². The van der Waals surface area contributed by atoms with Gasteiger partial charge in [-0.25, -0.2) is 4.98 Å². The molecule has 0 saturated carbocycles. The van der Waals surface area contributed by atoms with E-state index in [-0.39, 0.29) is 5.56 Å². The number of aromatic nitrogens is 2. The largest absolute Gasteiger partial charge is 0.463 e. The van der Waals surface area contributed by atoms with Gasteiger partial charge in [-0.3, -0.25) is 4.79 Å². The van der Waals surface area contributed by atoms with Crippen LogP contribution in [0.5, 0.6) is 0 Å². The molecule has 126 valence electrons. The Bertz CT molecular complexity index is 1040. The molecule has 1 aromatic carbocycles. The van der Waals surface area contributed by atoms with Gasteiger partial charge < -0.3 is 14.3 Å². The van der Waals surface area contributed by atoms with Gasteiger partial charge >= 0.3 is 0 Å². The first-order valence-electron chi connectivity index (χ1n) is 8.10. The molecule has 0 amide bonds. The van der Waals surface area contributed by atoms with E-state index in [9.17, 15) is 4.79 Å². The van der Waals surface area contributed by atoms with E-state index in [0.717, 1.165) is 28.3 Å². The van der Waals surface area contributed by atoms with Gasteiger partial charge in [0.1, 0.15) is 17.9 Å². The molecule has 4 rings (SSSR count). The van der Waals surface area contributed by atoms with E-state index in [1.807, 2.05) is 47.8 Å². The van der Waals surface area contributed by atoms with Gasteiger partial charge in [0, 0.05) is 10.9 Å². The molecule has 0 fully saturated rings. The zero-order valence-electron chi connectivity index (χ0n) is 13.8. The van der Waals surface area contributed by atoms with Crippen LogP contribution in [0.1, 0.15) is 11.6 Å². The van der Waals surface area contributed by atoms with E-state index in [1.54, 1.807) is 6.26 Å². The summed E-state index contributed by atoms with van der Waals surface area (Å²) in [7, 11) is 2.05. The average Bonchev–Trinajstić information content (AvgIpc) is 3.25. The van der Waals surface area contributed by atoms with E-state index in [2.05, 4.69) is 17.0 Å². The maximum absolute atomic E-state index is 12.6. The summed E-state index contributed by atoms with van der Waals surface area (Å²) in [6.07, 6.45) is 1.67. The monoisotopic (exact) mass is 352 g/mol. The lowest BCUT2D eigenvalue weighted by Crippen LogP contribution is -3.06. The highest BCUT2D eigenvalue weighted by molar-refractivity contribution is 7.17. The van der Waals surface area contributed by atoms with Gasteiger partial charge in [-0.05, 0) is 17.7 Å². The van der Waals surface area contributed by atoms with Crippen LogP contribution in [0, 0.1) is 0 Å². The van der Waals surface area contributed by atoms with Gasteiger partial charge in [0.2, 0.25) is 0 Å². The molecular formula is C19H18N3O2S+. The summed E-state index contributed by atoms with van der Waals surface area (Å²) >= 11 is 1.51. The first kappa shape index (κ1) is 15.8. The van der Waals surface area contributed by atoms with Crippen molar-refractivity contribution in [1.82, 2.24) is 9.97 Å². The van der Waals surface area contributed by atoms with Crippen LogP contribution in [0.15, 0.2) is 63.3 Å². The van der Waals surface area contributed by atoms with E-state index in [4.69, 9.17) is 4.42 Å². The summed E-state index contributed by atoms with van der Waals surface area (Å²) in [5.41, 5.74) is 1.90. The molecule has 6 heteroatoms. The molecule has 2 N–H and O–H groups in total. The lowest BCUT2D eigenvalue weighted by molar-refractivity contribution is -0.909. The molecule has 3 heterocycles. The molecule has 0 aliphatic heterocycles. The number of hydrogen-bond donors (Lipinski definition) is 2. The zero-order chi connectivity index (χ0) is 17.2. The Balaban J connectivity index is 1.63. The Morgan fingerprint density at radius 3 is 2.76 bits per heavy atom. The zero-order valence-corrected chi connectivity index (χ0v) is 14.6. The molecule has 25 heavy (non-hydrogen) atoms. The molecule has 1 unspecified atom stereocenters. The average molecular weight is 352 g/mol. The van der Waals surface area contributed by atoms with Crippen LogP contribution in [0.4, 0.5) is 0 Å². The number of fused-ring (bicyclic) bond motifs is 1. The number of thiophene rings is 1. The van der Waals surface area contributed by atoms with Crippen LogP contribution in [0.3, 0.4) is 0 Å². The molecule has 1 atom stereocenters. The van der Waals surface area contributed by atoms with Crippen LogP contribution in [0.25, 0.3) is 21.3 Å². The van der Waals surface area contributed by atoms with Crippen molar-refractivity contribution in [2.45, 2.75) is 13.1 Å². The van der Waals surface area contributed by atoms with Crippen molar-refractivity contribution >= 4 is 21.6 Å². The molecule has 0 radical (unpaired) electrons. The van der Waals surface area contributed by atoms with Crippen LogP contribution < -0.4 is 10.5 Å². The van der Waals surface area contributed by atoms with E-state index < -0.39 is 0 Å². The summed E-state index contributed by atoms with van der Waals surface area (Å²) in [6.45, 7) is 1.37. The third kappa shape index (κ3) is 3.26. The van der Waals surface area contributed by atoms with Crippen molar-refractivity contribution in [3.8, 4) is 11.1 Å². The number of furan rings is 1. The standard InChI is InChI=1S/C19H17N3O2S/c1-22(10-14-8-5-9-24-14)11-16-20-18(23)17-15(12-25-19(17)21-16)13-6-3-2-4-7-13/h2-9,12H,10-11H2,1H3,(H,20,21,23)/p+1. The van der Waals surface area contributed by atoms with Gasteiger partial charge in [-0.2, -0.15) is 0 Å². The van der Waals surface area contributed by atoms with Crippen molar-refractivity contribution in [1.29, 1.82) is 0 Å². The lowest BCUT2D eigenvalue weighted by Gasteiger charge is -2.11. The van der Waals surface area contributed by atoms with Crippen molar-refractivity contribution in [3.63, 3.8) is 0 Å². The first-order chi connectivity index (χ1) is 12.2.